The number of hydrogen-bond acceptors (Lipinski definition) is 2. The van der Waals surface area contributed by atoms with Crippen LogP contribution in [0.2, 0.25) is 0 Å². The van der Waals surface area contributed by atoms with Crippen LogP contribution in [0.25, 0.3) is 0 Å². The monoisotopic (exact) mass is 307 g/mol. The summed E-state index contributed by atoms with van der Waals surface area (Å²) in [4.78, 5) is 13.5. The van der Waals surface area contributed by atoms with E-state index in [4.69, 9.17) is 4.74 Å². The summed E-state index contributed by atoms with van der Waals surface area (Å²) >= 11 is 3.50. The fourth-order valence-corrected chi connectivity index (χ4v) is 1.73. The van der Waals surface area contributed by atoms with Crippen LogP contribution < -0.4 is 0 Å². The van der Waals surface area contributed by atoms with E-state index < -0.39 is 5.60 Å². The second-order valence-corrected chi connectivity index (χ2v) is 7.00. The lowest BCUT2D eigenvalue weighted by molar-refractivity contribution is 0.0206. The fraction of sp³-hybridized carbons (Fsp3) is 0.923. The van der Waals surface area contributed by atoms with Gasteiger partial charge in [0.2, 0.25) is 0 Å². The van der Waals surface area contributed by atoms with Gasteiger partial charge in [0.1, 0.15) is 5.60 Å². The lowest BCUT2D eigenvalue weighted by atomic mass is 9.88. The van der Waals surface area contributed by atoms with Crippen LogP contribution >= 0.6 is 15.9 Å². The van der Waals surface area contributed by atoms with Gasteiger partial charge in [0.15, 0.2) is 0 Å². The van der Waals surface area contributed by atoms with Gasteiger partial charge < -0.3 is 9.64 Å². The highest BCUT2D eigenvalue weighted by molar-refractivity contribution is 9.09. The SMILES string of the molecule is CC(CC(C)(C)CBr)N(C)C(=O)OC(C)(C)C. The molecule has 0 saturated heterocycles. The number of ether oxygens (including phenoxy) is 1. The van der Waals surface area contributed by atoms with Gasteiger partial charge in [-0.3, -0.25) is 0 Å². The van der Waals surface area contributed by atoms with Crippen molar-refractivity contribution in [2.24, 2.45) is 5.41 Å². The van der Waals surface area contributed by atoms with E-state index in [-0.39, 0.29) is 17.6 Å². The maximum absolute atomic E-state index is 11.9. The highest BCUT2D eigenvalue weighted by Crippen LogP contribution is 2.26. The quantitative estimate of drug-likeness (QED) is 0.733. The first-order valence-electron chi connectivity index (χ1n) is 6.00. The lowest BCUT2D eigenvalue weighted by Crippen LogP contribution is -2.41. The Morgan fingerprint density at radius 3 is 2.12 bits per heavy atom. The van der Waals surface area contributed by atoms with Crippen molar-refractivity contribution in [1.82, 2.24) is 4.90 Å². The van der Waals surface area contributed by atoms with Gasteiger partial charge in [-0.2, -0.15) is 0 Å². The van der Waals surface area contributed by atoms with Crippen LogP contribution in [0.15, 0.2) is 0 Å². The maximum atomic E-state index is 11.9. The molecule has 0 aliphatic rings. The smallest absolute Gasteiger partial charge is 0.410 e. The first-order valence-corrected chi connectivity index (χ1v) is 7.12. The summed E-state index contributed by atoms with van der Waals surface area (Å²) < 4.78 is 5.34. The largest absolute Gasteiger partial charge is 0.444 e. The predicted octanol–water partition coefficient (Wildman–Crippen LogP) is 4.05. The number of hydrogen-bond donors (Lipinski definition) is 0. The number of carbonyl (C=O) groups excluding carboxylic acids is 1. The fourth-order valence-electron chi connectivity index (χ4n) is 1.51. The molecular weight excluding hydrogens is 282 g/mol. The Morgan fingerprint density at radius 2 is 1.76 bits per heavy atom. The van der Waals surface area contributed by atoms with E-state index in [2.05, 4.69) is 29.8 Å². The number of halogens is 1. The number of rotatable bonds is 4. The van der Waals surface area contributed by atoms with E-state index in [1.165, 1.54) is 0 Å². The topological polar surface area (TPSA) is 29.5 Å². The van der Waals surface area contributed by atoms with E-state index in [0.717, 1.165) is 11.8 Å². The highest BCUT2D eigenvalue weighted by Gasteiger charge is 2.27. The lowest BCUT2D eigenvalue weighted by Gasteiger charge is -2.33. The van der Waals surface area contributed by atoms with Crippen molar-refractivity contribution in [3.8, 4) is 0 Å². The summed E-state index contributed by atoms with van der Waals surface area (Å²) in [6, 6.07) is 0.164. The molecule has 0 spiro atoms. The molecule has 0 rings (SSSR count). The van der Waals surface area contributed by atoms with Crippen LogP contribution in [0.3, 0.4) is 0 Å². The molecule has 0 aliphatic heterocycles. The van der Waals surface area contributed by atoms with E-state index in [1.54, 1.807) is 11.9 Å². The van der Waals surface area contributed by atoms with Gasteiger partial charge in [-0.15, -0.1) is 0 Å². The zero-order chi connectivity index (χ0) is 13.9. The first kappa shape index (κ1) is 16.8. The van der Waals surface area contributed by atoms with Crippen LogP contribution in [0.5, 0.6) is 0 Å². The number of alkyl halides is 1. The summed E-state index contributed by atoms with van der Waals surface area (Å²) in [5, 5.41) is 0.923. The molecule has 0 N–H and O–H groups in total. The molecule has 0 saturated carbocycles. The number of amides is 1. The molecule has 1 amide bonds. The third-order valence-electron chi connectivity index (χ3n) is 2.55. The minimum absolute atomic E-state index is 0.164. The van der Waals surface area contributed by atoms with Crippen LogP contribution in [0, 0.1) is 5.41 Å². The standard InChI is InChI=1S/C13H26BrNO2/c1-10(8-13(5,6)9-14)15(7)11(16)17-12(2,3)4/h10H,8-9H2,1-7H3. The van der Waals surface area contributed by atoms with Gasteiger partial charge in [0, 0.05) is 18.4 Å². The molecule has 3 nitrogen and oxygen atoms in total. The third kappa shape index (κ3) is 6.92. The minimum Gasteiger partial charge on any atom is -0.444 e. The summed E-state index contributed by atoms with van der Waals surface area (Å²) in [6.45, 7) is 12.1. The molecule has 0 heterocycles. The van der Waals surface area contributed by atoms with E-state index in [0.29, 0.717) is 0 Å². The average Bonchev–Trinajstić information content (AvgIpc) is 2.13. The summed E-state index contributed by atoms with van der Waals surface area (Å²) in [6.07, 6.45) is 0.684. The van der Waals surface area contributed by atoms with Gasteiger partial charge in [0.25, 0.3) is 0 Å². The Balaban J connectivity index is 4.40. The number of nitrogens with zero attached hydrogens (tertiary/aromatic N) is 1. The molecule has 1 atom stereocenters. The Morgan fingerprint density at radius 1 is 1.29 bits per heavy atom. The summed E-state index contributed by atoms with van der Waals surface area (Å²) in [5.41, 5.74) is -0.258. The summed E-state index contributed by atoms with van der Waals surface area (Å²) in [7, 11) is 1.79. The third-order valence-corrected chi connectivity index (χ3v) is 4.07. The molecular formula is C13H26BrNO2. The van der Waals surface area contributed by atoms with Crippen molar-refractivity contribution in [3.63, 3.8) is 0 Å². The van der Waals surface area contributed by atoms with Crippen LogP contribution in [-0.2, 0) is 4.74 Å². The van der Waals surface area contributed by atoms with Crippen LogP contribution in [0.1, 0.15) is 48.0 Å². The van der Waals surface area contributed by atoms with Crippen LogP contribution in [0.4, 0.5) is 4.79 Å². The molecule has 0 aromatic carbocycles. The Bertz CT molecular complexity index is 259. The Labute approximate surface area is 114 Å². The molecule has 0 bridgehead atoms. The second-order valence-electron chi connectivity index (χ2n) is 6.44. The first-order chi connectivity index (χ1) is 7.48. The molecule has 4 heteroatoms. The summed E-state index contributed by atoms with van der Waals surface area (Å²) in [5.74, 6) is 0. The van der Waals surface area contributed by atoms with E-state index in [9.17, 15) is 4.79 Å². The molecule has 102 valence electrons. The maximum Gasteiger partial charge on any atom is 0.410 e. The predicted molar refractivity (Wildman–Crippen MR) is 75.7 cm³/mol. The van der Waals surface area contributed by atoms with Crippen molar-refractivity contribution in [1.29, 1.82) is 0 Å². The molecule has 1 unspecified atom stereocenters. The van der Waals surface area contributed by atoms with E-state index in [1.807, 2.05) is 27.7 Å². The van der Waals surface area contributed by atoms with Gasteiger partial charge in [-0.25, -0.2) is 4.79 Å². The van der Waals surface area contributed by atoms with Crippen LogP contribution in [-0.4, -0.2) is 35.0 Å². The van der Waals surface area contributed by atoms with Gasteiger partial charge in [-0.05, 0) is 39.5 Å². The van der Waals surface area contributed by atoms with Crippen molar-refractivity contribution >= 4 is 22.0 Å². The number of carbonyl (C=O) groups is 1. The molecule has 17 heavy (non-hydrogen) atoms. The second kappa shape index (κ2) is 6.07. The van der Waals surface area contributed by atoms with E-state index >= 15 is 0 Å². The average molecular weight is 308 g/mol. The Hall–Kier alpha value is -0.250. The molecule has 0 aromatic rings. The van der Waals surface area contributed by atoms with Gasteiger partial charge in [0.05, 0.1) is 0 Å². The van der Waals surface area contributed by atoms with Crippen molar-refractivity contribution in [3.05, 3.63) is 0 Å². The Kier molecular flexibility index (Phi) is 5.99. The highest BCUT2D eigenvalue weighted by atomic mass is 79.9. The minimum atomic E-state index is -0.435. The zero-order valence-electron chi connectivity index (χ0n) is 12.1. The van der Waals surface area contributed by atoms with Gasteiger partial charge in [-0.1, -0.05) is 29.8 Å². The van der Waals surface area contributed by atoms with Crippen molar-refractivity contribution in [2.45, 2.75) is 59.6 Å². The van der Waals surface area contributed by atoms with Crippen molar-refractivity contribution in [2.75, 3.05) is 12.4 Å². The molecule has 0 fully saturated rings. The normalized spacial score (nSPS) is 14.4. The van der Waals surface area contributed by atoms with Crippen molar-refractivity contribution < 1.29 is 9.53 Å². The molecule has 0 aromatic heterocycles. The van der Waals surface area contributed by atoms with Gasteiger partial charge >= 0.3 is 6.09 Å². The molecule has 0 aliphatic carbocycles. The molecule has 0 radical (unpaired) electrons. The zero-order valence-corrected chi connectivity index (χ0v) is 13.7.